The van der Waals surface area contributed by atoms with E-state index in [-0.39, 0.29) is 11.3 Å². The van der Waals surface area contributed by atoms with E-state index >= 15 is 0 Å². The number of nitrogens with zero attached hydrogens (tertiary/aromatic N) is 2. The normalized spacial score (nSPS) is 10.7. The van der Waals surface area contributed by atoms with Crippen LogP contribution in [0, 0.1) is 0 Å². The lowest BCUT2D eigenvalue weighted by Gasteiger charge is -2.06. The molecule has 2 N–H and O–H groups in total. The molecule has 2 aromatic carbocycles. The van der Waals surface area contributed by atoms with Crippen LogP contribution < -0.4 is 10.9 Å². The minimum absolute atomic E-state index is 0.0962. The third-order valence-corrected chi connectivity index (χ3v) is 5.72. The minimum Gasteiger partial charge on any atom is -0.321 e. The number of hydrogen-bond acceptors (Lipinski definition) is 6. The zero-order chi connectivity index (χ0) is 20.9. The van der Waals surface area contributed by atoms with E-state index in [4.69, 9.17) is 4.98 Å². The van der Waals surface area contributed by atoms with Crippen molar-refractivity contribution in [3.8, 4) is 21.8 Å². The first-order valence-corrected chi connectivity index (χ1v) is 11.4. The van der Waals surface area contributed by atoms with Crippen LogP contribution in [0.3, 0.4) is 0 Å². The molecule has 0 bridgehead atoms. The summed E-state index contributed by atoms with van der Waals surface area (Å²) in [4.78, 5) is 35.8. The molecular formula is C22H18N4O2S2. The van der Waals surface area contributed by atoms with Crippen molar-refractivity contribution in [2.45, 2.75) is 5.75 Å². The summed E-state index contributed by atoms with van der Waals surface area (Å²) in [6.45, 7) is 0. The van der Waals surface area contributed by atoms with Crippen LogP contribution in [0.15, 0.2) is 70.8 Å². The number of amides is 1. The Bertz CT molecular complexity index is 1220. The number of thioether (sulfide) groups is 1. The van der Waals surface area contributed by atoms with Crippen LogP contribution in [0.5, 0.6) is 0 Å². The first kappa shape index (κ1) is 20.1. The van der Waals surface area contributed by atoms with E-state index in [1.165, 1.54) is 17.8 Å². The highest BCUT2D eigenvalue weighted by molar-refractivity contribution is 7.97. The SMILES string of the molecule is CSCc1nc(C(=O)Nc2ccc(-c3csc(-c4ccccc4)n3)cc2)cc(=O)[nH]1. The monoisotopic (exact) mass is 434 g/mol. The number of thiazole rings is 1. The molecule has 0 radical (unpaired) electrons. The number of nitrogens with one attached hydrogen (secondary N) is 2. The van der Waals surface area contributed by atoms with Crippen molar-refractivity contribution in [2.75, 3.05) is 11.6 Å². The second-order valence-corrected chi connectivity index (χ2v) is 8.17. The fourth-order valence-electron chi connectivity index (χ4n) is 2.87. The van der Waals surface area contributed by atoms with Crippen LogP contribution in [-0.4, -0.2) is 27.1 Å². The van der Waals surface area contributed by atoms with Gasteiger partial charge in [-0.05, 0) is 18.4 Å². The van der Waals surface area contributed by atoms with Crippen LogP contribution in [0.1, 0.15) is 16.3 Å². The van der Waals surface area contributed by atoms with Gasteiger partial charge in [0, 0.05) is 28.3 Å². The summed E-state index contributed by atoms with van der Waals surface area (Å²) in [6.07, 6.45) is 1.90. The highest BCUT2D eigenvalue weighted by Gasteiger charge is 2.11. The molecule has 0 unspecified atom stereocenters. The van der Waals surface area contributed by atoms with Gasteiger partial charge in [-0.15, -0.1) is 11.3 Å². The molecule has 6 nitrogen and oxygen atoms in total. The molecule has 0 aliphatic heterocycles. The van der Waals surface area contributed by atoms with Crippen molar-refractivity contribution in [1.29, 1.82) is 0 Å². The van der Waals surface area contributed by atoms with Crippen LogP contribution >= 0.6 is 23.1 Å². The molecule has 0 saturated heterocycles. The molecule has 4 rings (SSSR count). The average molecular weight is 435 g/mol. The van der Waals surface area contributed by atoms with Gasteiger partial charge in [0.05, 0.1) is 11.4 Å². The fraction of sp³-hybridized carbons (Fsp3) is 0.0909. The number of rotatable bonds is 6. The van der Waals surface area contributed by atoms with Crippen molar-refractivity contribution in [3.63, 3.8) is 0 Å². The number of carbonyl (C=O) groups excluding carboxylic acids is 1. The Labute approximate surface area is 181 Å². The topological polar surface area (TPSA) is 87.7 Å². The van der Waals surface area contributed by atoms with Crippen molar-refractivity contribution in [3.05, 3.63) is 87.9 Å². The lowest BCUT2D eigenvalue weighted by molar-refractivity contribution is 0.102. The summed E-state index contributed by atoms with van der Waals surface area (Å²) in [5, 5.41) is 5.77. The maximum absolute atomic E-state index is 12.5. The molecule has 1 amide bonds. The molecule has 0 fully saturated rings. The van der Waals surface area contributed by atoms with E-state index in [0.29, 0.717) is 17.3 Å². The van der Waals surface area contributed by atoms with Gasteiger partial charge >= 0.3 is 0 Å². The van der Waals surface area contributed by atoms with Crippen molar-refractivity contribution in [2.24, 2.45) is 0 Å². The minimum atomic E-state index is -0.420. The Hall–Kier alpha value is -3.23. The summed E-state index contributed by atoms with van der Waals surface area (Å²) >= 11 is 3.11. The Morgan fingerprint density at radius 2 is 1.83 bits per heavy atom. The Morgan fingerprint density at radius 1 is 1.07 bits per heavy atom. The van der Waals surface area contributed by atoms with E-state index in [0.717, 1.165) is 21.8 Å². The summed E-state index contributed by atoms with van der Waals surface area (Å²) in [6, 6.07) is 18.7. The first-order chi connectivity index (χ1) is 14.6. The van der Waals surface area contributed by atoms with Crippen LogP contribution in [0.4, 0.5) is 5.69 Å². The third kappa shape index (κ3) is 4.67. The molecule has 0 saturated carbocycles. The zero-order valence-electron chi connectivity index (χ0n) is 16.1. The van der Waals surface area contributed by atoms with Crippen LogP contribution in [0.2, 0.25) is 0 Å². The number of anilines is 1. The molecule has 8 heteroatoms. The van der Waals surface area contributed by atoms with Crippen molar-refractivity contribution < 1.29 is 4.79 Å². The molecule has 0 atom stereocenters. The third-order valence-electron chi connectivity index (χ3n) is 4.27. The van der Waals surface area contributed by atoms with Crippen molar-refractivity contribution >= 4 is 34.7 Å². The largest absolute Gasteiger partial charge is 0.321 e. The number of aromatic nitrogens is 3. The van der Waals surface area contributed by atoms with Crippen LogP contribution in [-0.2, 0) is 5.75 Å². The Kier molecular flexibility index (Phi) is 6.06. The maximum Gasteiger partial charge on any atom is 0.274 e. The van der Waals surface area contributed by atoms with Crippen LogP contribution in [0.25, 0.3) is 21.8 Å². The summed E-state index contributed by atoms with van der Waals surface area (Å²) in [5.41, 5.74) is 3.31. The second-order valence-electron chi connectivity index (χ2n) is 6.45. The zero-order valence-corrected chi connectivity index (χ0v) is 17.7. The summed E-state index contributed by atoms with van der Waals surface area (Å²) < 4.78 is 0. The number of aromatic amines is 1. The molecule has 0 aliphatic carbocycles. The molecule has 0 spiro atoms. The molecule has 2 aromatic heterocycles. The Morgan fingerprint density at radius 3 is 2.57 bits per heavy atom. The summed E-state index contributed by atoms with van der Waals surface area (Å²) in [5.74, 6) is 0.591. The average Bonchev–Trinajstić information content (AvgIpc) is 3.25. The van der Waals surface area contributed by atoms with Gasteiger partial charge < -0.3 is 10.3 Å². The molecular weight excluding hydrogens is 416 g/mol. The summed E-state index contributed by atoms with van der Waals surface area (Å²) in [7, 11) is 0. The standard InChI is InChI=1S/C22H18N4O2S2/c1-29-13-19-24-17(11-20(27)26-19)21(28)23-16-9-7-14(8-10-16)18-12-30-22(25-18)15-5-3-2-4-6-15/h2-12H,13H2,1H3,(H,23,28)(H,24,26,27). The number of H-pyrrole nitrogens is 1. The predicted octanol–water partition coefficient (Wildman–Crippen LogP) is 4.68. The molecule has 4 aromatic rings. The fourth-order valence-corrected chi connectivity index (χ4v) is 4.11. The highest BCUT2D eigenvalue weighted by Crippen LogP contribution is 2.29. The number of hydrogen-bond donors (Lipinski definition) is 2. The van der Waals surface area contributed by atoms with Gasteiger partial charge in [0.1, 0.15) is 16.5 Å². The van der Waals surface area contributed by atoms with E-state index in [1.54, 1.807) is 11.3 Å². The van der Waals surface area contributed by atoms with Gasteiger partial charge in [0.25, 0.3) is 11.5 Å². The highest BCUT2D eigenvalue weighted by atomic mass is 32.2. The van der Waals surface area contributed by atoms with E-state index in [2.05, 4.69) is 15.3 Å². The Balaban J connectivity index is 1.49. The number of benzene rings is 2. The predicted molar refractivity (Wildman–Crippen MR) is 123 cm³/mol. The van der Waals surface area contributed by atoms with Gasteiger partial charge in [0.15, 0.2) is 0 Å². The lowest BCUT2D eigenvalue weighted by Crippen LogP contribution is -2.20. The van der Waals surface area contributed by atoms with E-state index in [9.17, 15) is 9.59 Å². The second kappa shape index (κ2) is 9.06. The molecule has 150 valence electrons. The molecule has 2 heterocycles. The van der Waals surface area contributed by atoms with E-state index < -0.39 is 5.91 Å². The lowest BCUT2D eigenvalue weighted by atomic mass is 10.1. The first-order valence-electron chi connectivity index (χ1n) is 9.14. The van der Waals surface area contributed by atoms with Gasteiger partial charge in [-0.2, -0.15) is 11.8 Å². The van der Waals surface area contributed by atoms with E-state index in [1.807, 2.05) is 66.2 Å². The maximum atomic E-state index is 12.5. The quantitative estimate of drug-likeness (QED) is 0.460. The number of carbonyl (C=O) groups is 1. The smallest absolute Gasteiger partial charge is 0.274 e. The molecule has 0 aliphatic rings. The van der Waals surface area contributed by atoms with Gasteiger partial charge in [0.2, 0.25) is 0 Å². The van der Waals surface area contributed by atoms with Gasteiger partial charge in [-0.25, -0.2) is 9.97 Å². The molecule has 30 heavy (non-hydrogen) atoms. The van der Waals surface area contributed by atoms with Crippen molar-refractivity contribution in [1.82, 2.24) is 15.0 Å². The van der Waals surface area contributed by atoms with Gasteiger partial charge in [-0.3, -0.25) is 9.59 Å². The van der Waals surface area contributed by atoms with Gasteiger partial charge in [-0.1, -0.05) is 42.5 Å².